The number of carbonyl (C=O) groups excluding carboxylic acids is 3. The Hall–Kier alpha value is -0.990. The quantitative estimate of drug-likeness (QED) is 0.463. The van der Waals surface area contributed by atoms with Crippen LogP contribution in [0.4, 0.5) is 0 Å². The first-order chi connectivity index (χ1) is 4.93. The van der Waals surface area contributed by atoms with Crippen molar-refractivity contribution in [2.75, 3.05) is 0 Å². The summed E-state index contributed by atoms with van der Waals surface area (Å²) in [5.41, 5.74) is -1.28. The molecule has 2 aliphatic carbocycles. The minimum absolute atomic E-state index is 0.481. The molecule has 0 aromatic rings. The second-order valence-electron chi connectivity index (χ2n) is 3.83. The van der Waals surface area contributed by atoms with Crippen molar-refractivity contribution in [3.05, 3.63) is 0 Å². The van der Waals surface area contributed by atoms with E-state index in [0.717, 1.165) is 0 Å². The third-order valence-corrected chi connectivity index (χ3v) is 3.21. The van der Waals surface area contributed by atoms with Crippen molar-refractivity contribution < 1.29 is 14.4 Å². The van der Waals surface area contributed by atoms with Crippen LogP contribution < -0.4 is 0 Å². The highest BCUT2D eigenvalue weighted by atomic mass is 16.2. The van der Waals surface area contributed by atoms with E-state index in [1.807, 2.05) is 0 Å². The molecule has 2 unspecified atom stereocenters. The molecular formula is C8H8O3. The van der Waals surface area contributed by atoms with Gasteiger partial charge in [0.25, 0.3) is 5.78 Å². The number of hydrogen-bond donors (Lipinski definition) is 0. The van der Waals surface area contributed by atoms with Crippen molar-refractivity contribution in [2.45, 2.75) is 20.3 Å². The highest BCUT2D eigenvalue weighted by Gasteiger charge is 2.77. The van der Waals surface area contributed by atoms with Gasteiger partial charge in [-0.15, -0.1) is 0 Å². The monoisotopic (exact) mass is 152 g/mol. The second-order valence-corrected chi connectivity index (χ2v) is 3.83. The molecule has 3 nitrogen and oxygen atoms in total. The molecule has 0 radical (unpaired) electrons. The molecule has 2 aliphatic rings. The molecule has 2 rings (SSSR count). The van der Waals surface area contributed by atoms with Crippen LogP contribution in [0.15, 0.2) is 0 Å². The van der Waals surface area contributed by atoms with E-state index in [-0.39, 0.29) is 0 Å². The molecule has 2 fully saturated rings. The van der Waals surface area contributed by atoms with Gasteiger partial charge in [0.15, 0.2) is 0 Å². The molecule has 0 N–H and O–H groups in total. The van der Waals surface area contributed by atoms with Gasteiger partial charge in [-0.2, -0.15) is 0 Å². The van der Waals surface area contributed by atoms with Crippen LogP contribution in [-0.4, -0.2) is 17.3 Å². The third-order valence-electron chi connectivity index (χ3n) is 3.21. The number of rotatable bonds is 0. The Morgan fingerprint density at radius 1 is 1.00 bits per heavy atom. The molecule has 58 valence electrons. The van der Waals surface area contributed by atoms with Crippen molar-refractivity contribution in [2.24, 2.45) is 10.8 Å². The molecular weight excluding hydrogens is 144 g/mol. The first-order valence-corrected chi connectivity index (χ1v) is 3.57. The predicted molar refractivity (Wildman–Crippen MR) is 35.9 cm³/mol. The van der Waals surface area contributed by atoms with E-state index in [1.165, 1.54) is 0 Å². The van der Waals surface area contributed by atoms with Gasteiger partial charge in [-0.05, 0) is 6.42 Å². The lowest BCUT2D eigenvalue weighted by Crippen LogP contribution is -2.21. The maximum absolute atomic E-state index is 11.1. The van der Waals surface area contributed by atoms with E-state index in [9.17, 15) is 14.4 Å². The summed E-state index contributed by atoms with van der Waals surface area (Å²) in [4.78, 5) is 33.1. The summed E-state index contributed by atoms with van der Waals surface area (Å²) in [6.45, 7) is 3.39. The average Bonchev–Trinajstić information content (AvgIpc) is 2.49. The standard InChI is InChI=1S/C8H8O3/c1-7-3-8(7,2)6(11)4(9)5(7)10/h3H2,1-2H3. The van der Waals surface area contributed by atoms with Crippen molar-refractivity contribution >= 4 is 17.3 Å². The number of fused-ring (bicyclic) bond motifs is 1. The van der Waals surface area contributed by atoms with Crippen LogP contribution in [0.3, 0.4) is 0 Å². The SMILES string of the molecule is CC12CC1(C)C(=O)C(=O)C2=O. The lowest BCUT2D eigenvalue weighted by Gasteiger charge is -1.99. The molecule has 0 aromatic heterocycles. The number of Topliss-reactive ketones (excluding diaryl/α,β-unsaturated/α-hetero) is 3. The maximum atomic E-state index is 11.1. The Balaban J connectivity index is 2.57. The van der Waals surface area contributed by atoms with E-state index in [2.05, 4.69) is 0 Å². The molecule has 11 heavy (non-hydrogen) atoms. The Morgan fingerprint density at radius 3 is 1.55 bits per heavy atom. The van der Waals surface area contributed by atoms with Crippen molar-refractivity contribution in [3.8, 4) is 0 Å². The van der Waals surface area contributed by atoms with Crippen LogP contribution in [0.1, 0.15) is 20.3 Å². The largest absolute Gasteiger partial charge is 0.290 e. The Kier molecular flexibility index (Phi) is 0.798. The fourth-order valence-corrected chi connectivity index (χ4v) is 1.93. The zero-order valence-electron chi connectivity index (χ0n) is 6.43. The fourth-order valence-electron chi connectivity index (χ4n) is 1.93. The zero-order chi connectivity index (χ0) is 8.44. The smallest absolute Gasteiger partial charge is 0.265 e. The molecule has 2 saturated carbocycles. The van der Waals surface area contributed by atoms with Crippen LogP contribution in [0.2, 0.25) is 0 Å². The lowest BCUT2D eigenvalue weighted by molar-refractivity contribution is -0.143. The molecule has 0 heterocycles. The lowest BCUT2D eigenvalue weighted by atomic mass is 10.00. The zero-order valence-corrected chi connectivity index (χ0v) is 6.43. The van der Waals surface area contributed by atoms with Gasteiger partial charge in [0, 0.05) is 10.8 Å². The van der Waals surface area contributed by atoms with Crippen LogP contribution in [0, 0.1) is 10.8 Å². The van der Waals surface area contributed by atoms with Crippen LogP contribution in [-0.2, 0) is 14.4 Å². The topological polar surface area (TPSA) is 51.2 Å². The Bertz CT molecular complexity index is 276. The Labute approximate surface area is 63.8 Å². The minimum Gasteiger partial charge on any atom is -0.290 e. The van der Waals surface area contributed by atoms with Crippen molar-refractivity contribution in [1.29, 1.82) is 0 Å². The minimum atomic E-state index is -0.791. The highest BCUT2D eigenvalue weighted by Crippen LogP contribution is 2.68. The van der Waals surface area contributed by atoms with Crippen LogP contribution in [0.25, 0.3) is 0 Å². The molecule has 0 aliphatic heterocycles. The van der Waals surface area contributed by atoms with Crippen molar-refractivity contribution in [1.82, 2.24) is 0 Å². The summed E-state index contributed by atoms with van der Waals surface area (Å²) in [7, 11) is 0. The molecule has 0 spiro atoms. The van der Waals surface area contributed by atoms with Crippen molar-refractivity contribution in [3.63, 3.8) is 0 Å². The summed E-state index contributed by atoms with van der Waals surface area (Å²) < 4.78 is 0. The normalized spacial score (nSPS) is 48.0. The first kappa shape index (κ1) is 6.70. The molecule has 3 heteroatoms. The molecule has 0 aromatic carbocycles. The molecule has 0 bridgehead atoms. The molecule has 2 atom stereocenters. The van der Waals surface area contributed by atoms with Gasteiger partial charge in [0.2, 0.25) is 11.6 Å². The summed E-state index contributed by atoms with van der Waals surface area (Å²) in [6.07, 6.45) is 0.559. The predicted octanol–water partition coefficient (Wildman–Crippen LogP) is 0.124. The van der Waals surface area contributed by atoms with Gasteiger partial charge in [-0.1, -0.05) is 13.8 Å². The average molecular weight is 152 g/mol. The van der Waals surface area contributed by atoms with Gasteiger partial charge < -0.3 is 0 Å². The van der Waals surface area contributed by atoms with E-state index in [0.29, 0.717) is 6.42 Å². The van der Waals surface area contributed by atoms with E-state index >= 15 is 0 Å². The van der Waals surface area contributed by atoms with Crippen LogP contribution in [0.5, 0.6) is 0 Å². The summed E-state index contributed by atoms with van der Waals surface area (Å²) >= 11 is 0. The summed E-state index contributed by atoms with van der Waals surface area (Å²) in [5, 5.41) is 0. The number of ketones is 3. The molecule has 0 amide bonds. The number of carbonyl (C=O) groups is 3. The number of hydrogen-bond acceptors (Lipinski definition) is 3. The van der Waals surface area contributed by atoms with Gasteiger partial charge in [0.05, 0.1) is 0 Å². The Morgan fingerprint density at radius 2 is 1.36 bits per heavy atom. The van der Waals surface area contributed by atoms with Gasteiger partial charge in [0.1, 0.15) is 0 Å². The van der Waals surface area contributed by atoms with E-state index in [4.69, 9.17) is 0 Å². The fraction of sp³-hybridized carbons (Fsp3) is 0.625. The van der Waals surface area contributed by atoms with Gasteiger partial charge in [-0.25, -0.2) is 0 Å². The van der Waals surface area contributed by atoms with E-state index in [1.54, 1.807) is 13.8 Å². The first-order valence-electron chi connectivity index (χ1n) is 3.57. The summed E-state index contributed by atoms with van der Waals surface area (Å²) in [6, 6.07) is 0. The second kappa shape index (κ2) is 1.31. The summed E-state index contributed by atoms with van der Waals surface area (Å²) in [5.74, 6) is -1.75. The third kappa shape index (κ3) is 0.432. The van der Waals surface area contributed by atoms with Gasteiger partial charge >= 0.3 is 0 Å². The highest BCUT2D eigenvalue weighted by molar-refractivity contribution is 6.71. The molecule has 0 saturated heterocycles. The van der Waals surface area contributed by atoms with Crippen LogP contribution >= 0.6 is 0 Å². The maximum Gasteiger partial charge on any atom is 0.265 e. The van der Waals surface area contributed by atoms with Gasteiger partial charge in [-0.3, -0.25) is 14.4 Å². The van der Waals surface area contributed by atoms with E-state index < -0.39 is 28.2 Å².